The molecule has 26 heavy (non-hydrogen) atoms. The zero-order valence-corrected chi connectivity index (χ0v) is 14.4. The third kappa shape index (κ3) is 4.46. The number of amides is 2. The van der Waals surface area contributed by atoms with Crippen LogP contribution in [-0.4, -0.2) is 23.9 Å². The van der Waals surface area contributed by atoms with Gasteiger partial charge in [0.25, 0.3) is 11.8 Å². The van der Waals surface area contributed by atoms with E-state index in [1.807, 2.05) is 0 Å². The molecule has 1 saturated carbocycles. The predicted octanol–water partition coefficient (Wildman–Crippen LogP) is 3.08. The number of nitrogens with two attached hydrogens (primary N) is 1. The largest absolute Gasteiger partial charge is 0.348 e. The van der Waals surface area contributed by atoms with Crippen molar-refractivity contribution in [3.8, 4) is 0 Å². The number of carbonyl (C=O) groups is 2. The van der Waals surface area contributed by atoms with Gasteiger partial charge in [-0.2, -0.15) is 0 Å². The summed E-state index contributed by atoms with van der Waals surface area (Å²) in [7, 11) is 0. The molecule has 0 radical (unpaired) electrons. The molecule has 2 aromatic carbocycles. The summed E-state index contributed by atoms with van der Waals surface area (Å²) in [4.78, 5) is 24.7. The Labute approximate surface area is 151 Å². The van der Waals surface area contributed by atoms with Gasteiger partial charge in [0.2, 0.25) is 0 Å². The quantitative estimate of drug-likeness (QED) is 0.788. The Morgan fingerprint density at radius 3 is 2.42 bits per heavy atom. The van der Waals surface area contributed by atoms with Crippen molar-refractivity contribution in [3.63, 3.8) is 0 Å². The van der Waals surface area contributed by atoms with Crippen molar-refractivity contribution in [1.29, 1.82) is 0 Å². The summed E-state index contributed by atoms with van der Waals surface area (Å²) in [5, 5.41) is 5.70. The maximum absolute atomic E-state index is 13.0. The van der Waals surface area contributed by atoms with E-state index >= 15 is 0 Å². The van der Waals surface area contributed by atoms with Crippen molar-refractivity contribution in [2.45, 2.75) is 37.8 Å². The van der Waals surface area contributed by atoms with E-state index in [0.717, 1.165) is 25.7 Å². The molecule has 2 atom stereocenters. The summed E-state index contributed by atoms with van der Waals surface area (Å²) in [5.41, 5.74) is 7.38. The molecule has 0 bridgehead atoms. The van der Waals surface area contributed by atoms with Gasteiger partial charge in [-0.15, -0.1) is 0 Å². The maximum Gasteiger partial charge on any atom is 0.255 e. The van der Waals surface area contributed by atoms with Gasteiger partial charge in [-0.25, -0.2) is 4.39 Å². The number of benzene rings is 2. The highest BCUT2D eigenvalue weighted by Crippen LogP contribution is 2.18. The van der Waals surface area contributed by atoms with Crippen molar-refractivity contribution in [3.05, 3.63) is 65.5 Å². The first-order valence-corrected chi connectivity index (χ1v) is 8.76. The first-order valence-electron chi connectivity index (χ1n) is 8.76. The van der Waals surface area contributed by atoms with E-state index in [-0.39, 0.29) is 23.9 Å². The zero-order chi connectivity index (χ0) is 18.5. The van der Waals surface area contributed by atoms with E-state index in [4.69, 9.17) is 5.73 Å². The number of halogens is 1. The Morgan fingerprint density at radius 1 is 0.962 bits per heavy atom. The minimum absolute atomic E-state index is 0.0194. The Kier molecular flexibility index (Phi) is 5.63. The topological polar surface area (TPSA) is 84.2 Å². The summed E-state index contributed by atoms with van der Waals surface area (Å²) in [6, 6.07) is 11.9. The average Bonchev–Trinajstić information content (AvgIpc) is 2.64. The molecule has 3 rings (SSSR count). The molecular weight excluding hydrogens is 333 g/mol. The van der Waals surface area contributed by atoms with E-state index in [1.54, 1.807) is 24.3 Å². The van der Waals surface area contributed by atoms with Crippen LogP contribution < -0.4 is 16.4 Å². The van der Waals surface area contributed by atoms with Gasteiger partial charge in [-0.1, -0.05) is 18.9 Å². The van der Waals surface area contributed by atoms with Crippen molar-refractivity contribution in [2.24, 2.45) is 5.73 Å². The van der Waals surface area contributed by atoms with E-state index in [9.17, 15) is 14.0 Å². The van der Waals surface area contributed by atoms with Crippen LogP contribution in [0.1, 0.15) is 46.4 Å². The zero-order valence-electron chi connectivity index (χ0n) is 14.4. The second kappa shape index (κ2) is 8.10. The fourth-order valence-electron chi connectivity index (χ4n) is 3.13. The second-order valence-corrected chi connectivity index (χ2v) is 6.57. The summed E-state index contributed by atoms with van der Waals surface area (Å²) >= 11 is 0. The molecule has 0 aliphatic heterocycles. The molecule has 6 heteroatoms. The lowest BCUT2D eigenvalue weighted by Gasteiger charge is -2.29. The van der Waals surface area contributed by atoms with Crippen molar-refractivity contribution in [2.75, 3.05) is 5.32 Å². The number of anilines is 1. The molecule has 4 N–H and O–H groups in total. The molecule has 0 spiro atoms. The predicted molar refractivity (Wildman–Crippen MR) is 98.5 cm³/mol. The lowest BCUT2D eigenvalue weighted by atomic mass is 9.91. The molecule has 0 heterocycles. The normalized spacial score (nSPS) is 19.6. The lowest BCUT2D eigenvalue weighted by Crippen LogP contribution is -2.49. The van der Waals surface area contributed by atoms with Gasteiger partial charge in [0.15, 0.2) is 0 Å². The molecule has 0 saturated heterocycles. The molecule has 136 valence electrons. The minimum atomic E-state index is -0.402. The Balaban J connectivity index is 1.66. The van der Waals surface area contributed by atoms with Crippen LogP contribution in [-0.2, 0) is 0 Å². The Hall–Kier alpha value is -2.73. The van der Waals surface area contributed by atoms with Crippen molar-refractivity contribution in [1.82, 2.24) is 5.32 Å². The van der Waals surface area contributed by atoms with Crippen LogP contribution in [0, 0.1) is 5.82 Å². The summed E-state index contributed by atoms with van der Waals surface area (Å²) in [5.74, 6) is -0.969. The van der Waals surface area contributed by atoms with Gasteiger partial charge in [0.05, 0.1) is 0 Å². The SMILES string of the molecule is N[C@H]1CCCC[C@H]1NC(=O)c1cccc(NC(=O)c2ccc(F)cc2)c1. The standard InChI is InChI=1S/C20H22FN3O2/c21-15-10-8-13(9-11-15)19(25)23-16-5-3-4-14(12-16)20(26)24-18-7-2-1-6-17(18)22/h3-5,8-12,17-18H,1-2,6-7,22H2,(H,23,25)(H,24,26)/t17-,18+/m0/s1. The van der Waals surface area contributed by atoms with E-state index < -0.39 is 5.82 Å². The fourth-order valence-corrected chi connectivity index (χ4v) is 3.13. The average molecular weight is 355 g/mol. The lowest BCUT2D eigenvalue weighted by molar-refractivity contribution is 0.0920. The smallest absolute Gasteiger partial charge is 0.255 e. The van der Waals surface area contributed by atoms with Crippen molar-refractivity contribution < 1.29 is 14.0 Å². The van der Waals surface area contributed by atoms with Gasteiger partial charge in [-0.3, -0.25) is 9.59 Å². The highest BCUT2D eigenvalue weighted by Gasteiger charge is 2.23. The highest BCUT2D eigenvalue weighted by molar-refractivity contribution is 6.05. The fraction of sp³-hybridized carbons (Fsp3) is 0.300. The number of rotatable bonds is 4. The summed E-state index contributed by atoms with van der Waals surface area (Å²) in [6.45, 7) is 0. The van der Waals surface area contributed by atoms with Crippen LogP contribution in [0.4, 0.5) is 10.1 Å². The third-order valence-corrected chi connectivity index (χ3v) is 4.62. The van der Waals surface area contributed by atoms with Gasteiger partial charge < -0.3 is 16.4 Å². The maximum atomic E-state index is 13.0. The number of hydrogen-bond acceptors (Lipinski definition) is 3. The third-order valence-electron chi connectivity index (χ3n) is 4.62. The van der Waals surface area contributed by atoms with Gasteiger partial charge in [0, 0.05) is 28.9 Å². The molecule has 1 aliphatic rings. The highest BCUT2D eigenvalue weighted by atomic mass is 19.1. The Morgan fingerprint density at radius 2 is 1.69 bits per heavy atom. The first-order chi connectivity index (χ1) is 12.5. The van der Waals surface area contributed by atoms with E-state index in [2.05, 4.69) is 10.6 Å². The Bertz CT molecular complexity index is 792. The van der Waals surface area contributed by atoms with E-state index in [0.29, 0.717) is 16.8 Å². The molecule has 5 nitrogen and oxygen atoms in total. The van der Waals surface area contributed by atoms with Crippen LogP contribution in [0.2, 0.25) is 0 Å². The molecule has 1 aliphatic carbocycles. The second-order valence-electron chi connectivity index (χ2n) is 6.57. The van der Waals surface area contributed by atoms with Gasteiger partial charge in [-0.05, 0) is 55.3 Å². The van der Waals surface area contributed by atoms with Crippen LogP contribution in [0.5, 0.6) is 0 Å². The van der Waals surface area contributed by atoms with Crippen molar-refractivity contribution >= 4 is 17.5 Å². The van der Waals surface area contributed by atoms with E-state index in [1.165, 1.54) is 24.3 Å². The van der Waals surface area contributed by atoms with Crippen LogP contribution >= 0.6 is 0 Å². The molecule has 0 unspecified atom stereocenters. The van der Waals surface area contributed by atoms with Crippen LogP contribution in [0.15, 0.2) is 48.5 Å². The van der Waals surface area contributed by atoms with Gasteiger partial charge >= 0.3 is 0 Å². The number of carbonyl (C=O) groups excluding carboxylic acids is 2. The summed E-state index contributed by atoms with van der Waals surface area (Å²) < 4.78 is 13.0. The van der Waals surface area contributed by atoms with Gasteiger partial charge in [0.1, 0.15) is 5.82 Å². The van der Waals surface area contributed by atoms with Crippen LogP contribution in [0.3, 0.4) is 0 Å². The summed E-state index contributed by atoms with van der Waals surface area (Å²) in [6.07, 6.45) is 3.96. The number of hydrogen-bond donors (Lipinski definition) is 3. The molecule has 2 amide bonds. The monoisotopic (exact) mass is 355 g/mol. The van der Waals surface area contributed by atoms with Crippen LogP contribution in [0.25, 0.3) is 0 Å². The molecule has 1 fully saturated rings. The number of nitrogens with one attached hydrogen (secondary N) is 2. The first kappa shape index (κ1) is 18.1. The molecular formula is C20H22FN3O2. The molecule has 2 aromatic rings. The minimum Gasteiger partial charge on any atom is -0.348 e. The molecule has 0 aromatic heterocycles.